The van der Waals surface area contributed by atoms with E-state index in [1.54, 1.807) is 0 Å². The van der Waals surface area contributed by atoms with Gasteiger partial charge in [0.25, 0.3) is 0 Å². The number of hydrogen-bond donors (Lipinski definition) is 0. The van der Waals surface area contributed by atoms with E-state index in [0.717, 1.165) is 36.1 Å². The van der Waals surface area contributed by atoms with Crippen molar-refractivity contribution in [3.63, 3.8) is 0 Å². The summed E-state index contributed by atoms with van der Waals surface area (Å²) < 4.78 is 7.95. The molecule has 0 radical (unpaired) electrons. The molecule has 2 atom stereocenters. The largest absolute Gasteiger partial charge is 0.367 e. The molecule has 1 aromatic carbocycles. The lowest BCUT2D eigenvalue weighted by molar-refractivity contribution is -0.0176. The number of morpholine rings is 1. The zero-order valence-corrected chi connectivity index (χ0v) is 15.3. The zero-order valence-electron chi connectivity index (χ0n) is 15.3. The van der Waals surface area contributed by atoms with Crippen molar-refractivity contribution >= 4 is 5.82 Å². The van der Waals surface area contributed by atoms with Crippen LogP contribution in [0.2, 0.25) is 0 Å². The zero-order chi connectivity index (χ0) is 18.1. The van der Waals surface area contributed by atoms with Gasteiger partial charge in [0, 0.05) is 18.8 Å². The summed E-state index contributed by atoms with van der Waals surface area (Å²) in [6, 6.07) is 16.4. The third-order valence-electron chi connectivity index (χ3n) is 4.62. The Morgan fingerprint density at radius 2 is 1.69 bits per heavy atom. The van der Waals surface area contributed by atoms with Gasteiger partial charge >= 0.3 is 0 Å². The average Bonchev–Trinajstić information content (AvgIpc) is 3.00. The van der Waals surface area contributed by atoms with Gasteiger partial charge in [-0.2, -0.15) is 5.10 Å². The molecule has 6 nitrogen and oxygen atoms in total. The standard InChI is InChI=1S/C20H23N5O/c1-14-11-15(2)25(23-14)20-10-9-19(21-22-20)24-12-16(3)26-18(13-24)17-7-5-4-6-8-17/h4-11,16,18H,12-13H2,1-3H3/t16-,18+/m1/s1. The van der Waals surface area contributed by atoms with Gasteiger partial charge in [0.05, 0.1) is 11.8 Å². The molecule has 4 rings (SSSR count). The van der Waals surface area contributed by atoms with Gasteiger partial charge in [-0.3, -0.25) is 0 Å². The third kappa shape index (κ3) is 3.32. The Kier molecular flexibility index (Phi) is 4.42. The molecule has 3 aromatic rings. The maximum absolute atomic E-state index is 6.13. The fourth-order valence-corrected chi connectivity index (χ4v) is 3.45. The summed E-state index contributed by atoms with van der Waals surface area (Å²) in [4.78, 5) is 2.24. The smallest absolute Gasteiger partial charge is 0.176 e. The van der Waals surface area contributed by atoms with E-state index < -0.39 is 0 Å². The highest BCUT2D eigenvalue weighted by molar-refractivity contribution is 5.41. The topological polar surface area (TPSA) is 56.1 Å². The summed E-state index contributed by atoms with van der Waals surface area (Å²) in [5, 5.41) is 13.3. The second kappa shape index (κ2) is 6.88. The van der Waals surface area contributed by atoms with E-state index in [2.05, 4.69) is 39.3 Å². The Bertz CT molecular complexity index is 875. The summed E-state index contributed by atoms with van der Waals surface area (Å²) in [5.74, 6) is 1.60. The third-order valence-corrected chi connectivity index (χ3v) is 4.62. The van der Waals surface area contributed by atoms with Gasteiger partial charge in [-0.05, 0) is 44.5 Å². The fraction of sp³-hybridized carbons (Fsp3) is 0.350. The highest BCUT2D eigenvalue weighted by atomic mass is 16.5. The normalized spacial score (nSPS) is 20.3. The quantitative estimate of drug-likeness (QED) is 0.726. The van der Waals surface area contributed by atoms with Crippen LogP contribution in [-0.2, 0) is 4.74 Å². The Balaban J connectivity index is 1.56. The van der Waals surface area contributed by atoms with Gasteiger partial charge in [0.2, 0.25) is 0 Å². The Labute approximate surface area is 153 Å². The summed E-state index contributed by atoms with van der Waals surface area (Å²) in [5.41, 5.74) is 3.21. The van der Waals surface area contributed by atoms with Crippen molar-refractivity contribution in [3.8, 4) is 5.82 Å². The molecule has 0 unspecified atom stereocenters. The molecule has 1 fully saturated rings. The molecule has 0 spiro atoms. The molecule has 0 saturated carbocycles. The lowest BCUT2D eigenvalue weighted by Gasteiger charge is -2.37. The molecule has 0 N–H and O–H groups in total. The molecule has 26 heavy (non-hydrogen) atoms. The van der Waals surface area contributed by atoms with E-state index in [1.165, 1.54) is 5.56 Å². The second-order valence-corrected chi connectivity index (χ2v) is 6.84. The summed E-state index contributed by atoms with van der Waals surface area (Å²) in [7, 11) is 0. The maximum atomic E-state index is 6.13. The number of aryl methyl sites for hydroxylation is 2. The molecule has 0 bridgehead atoms. The van der Waals surface area contributed by atoms with Crippen molar-refractivity contribution in [2.24, 2.45) is 0 Å². The summed E-state index contributed by atoms with van der Waals surface area (Å²) in [6.45, 7) is 7.66. The minimum absolute atomic E-state index is 0.0393. The minimum Gasteiger partial charge on any atom is -0.367 e. The van der Waals surface area contributed by atoms with Crippen molar-refractivity contribution in [3.05, 3.63) is 65.5 Å². The van der Waals surface area contributed by atoms with Crippen molar-refractivity contribution in [1.29, 1.82) is 0 Å². The van der Waals surface area contributed by atoms with Crippen LogP contribution in [0, 0.1) is 13.8 Å². The summed E-state index contributed by atoms with van der Waals surface area (Å²) in [6.07, 6.45) is 0.170. The maximum Gasteiger partial charge on any atom is 0.176 e. The molecule has 2 aromatic heterocycles. The first-order chi connectivity index (χ1) is 12.6. The number of nitrogens with zero attached hydrogens (tertiary/aromatic N) is 5. The monoisotopic (exact) mass is 349 g/mol. The van der Waals surface area contributed by atoms with Gasteiger partial charge < -0.3 is 9.64 Å². The van der Waals surface area contributed by atoms with Crippen molar-refractivity contribution in [2.75, 3.05) is 18.0 Å². The van der Waals surface area contributed by atoms with Gasteiger partial charge in [0.1, 0.15) is 6.10 Å². The first-order valence-corrected chi connectivity index (χ1v) is 8.93. The van der Waals surface area contributed by atoms with Crippen LogP contribution in [-0.4, -0.2) is 39.2 Å². The van der Waals surface area contributed by atoms with Gasteiger partial charge in [-0.15, -0.1) is 10.2 Å². The lowest BCUT2D eigenvalue weighted by Crippen LogP contribution is -2.43. The first kappa shape index (κ1) is 16.7. The van der Waals surface area contributed by atoms with E-state index in [0.29, 0.717) is 0 Å². The number of aromatic nitrogens is 4. The minimum atomic E-state index is 0.0393. The Hall–Kier alpha value is -2.73. The highest BCUT2D eigenvalue weighted by Crippen LogP contribution is 2.27. The molecular weight excluding hydrogens is 326 g/mol. The van der Waals surface area contributed by atoms with E-state index >= 15 is 0 Å². The molecule has 0 amide bonds. The Morgan fingerprint density at radius 1 is 0.962 bits per heavy atom. The molecule has 3 heterocycles. The van der Waals surface area contributed by atoms with E-state index in [9.17, 15) is 0 Å². The van der Waals surface area contributed by atoms with Crippen LogP contribution in [0.25, 0.3) is 5.82 Å². The number of hydrogen-bond acceptors (Lipinski definition) is 5. The van der Waals surface area contributed by atoms with Crippen molar-refractivity contribution < 1.29 is 4.74 Å². The average molecular weight is 349 g/mol. The molecular formula is C20H23N5O. The highest BCUT2D eigenvalue weighted by Gasteiger charge is 2.27. The number of rotatable bonds is 3. The molecule has 134 valence electrons. The van der Waals surface area contributed by atoms with Gasteiger partial charge in [-0.25, -0.2) is 4.68 Å². The summed E-state index contributed by atoms with van der Waals surface area (Å²) >= 11 is 0. The van der Waals surface area contributed by atoms with Crippen LogP contribution in [0.3, 0.4) is 0 Å². The molecule has 1 aliphatic rings. The molecule has 1 saturated heterocycles. The Morgan fingerprint density at radius 3 is 2.35 bits per heavy atom. The predicted octanol–water partition coefficient (Wildman–Crippen LogP) is 3.25. The molecule has 0 aliphatic carbocycles. The van der Waals surface area contributed by atoms with E-state index in [-0.39, 0.29) is 12.2 Å². The van der Waals surface area contributed by atoms with Crippen molar-refractivity contribution in [2.45, 2.75) is 33.0 Å². The second-order valence-electron chi connectivity index (χ2n) is 6.84. The number of ether oxygens (including phenoxy) is 1. The van der Waals surface area contributed by atoms with Crippen LogP contribution in [0.1, 0.15) is 30.0 Å². The molecule has 1 aliphatic heterocycles. The van der Waals surface area contributed by atoms with Gasteiger partial charge in [0.15, 0.2) is 11.6 Å². The fourth-order valence-electron chi connectivity index (χ4n) is 3.45. The number of anilines is 1. The first-order valence-electron chi connectivity index (χ1n) is 8.93. The van der Waals surface area contributed by atoms with Gasteiger partial charge in [-0.1, -0.05) is 30.3 Å². The van der Waals surface area contributed by atoms with Crippen LogP contribution in [0.4, 0.5) is 5.82 Å². The molecule has 6 heteroatoms. The lowest BCUT2D eigenvalue weighted by atomic mass is 10.1. The van der Waals surface area contributed by atoms with Crippen LogP contribution in [0.5, 0.6) is 0 Å². The SMILES string of the molecule is Cc1cc(C)n(-c2ccc(N3C[C@@H](C)O[C@H](c4ccccc4)C3)nn2)n1. The predicted molar refractivity (Wildman–Crippen MR) is 101 cm³/mol. The van der Waals surface area contributed by atoms with Crippen LogP contribution in [0.15, 0.2) is 48.5 Å². The van der Waals surface area contributed by atoms with Crippen LogP contribution < -0.4 is 4.90 Å². The van der Waals surface area contributed by atoms with Crippen molar-refractivity contribution in [1.82, 2.24) is 20.0 Å². The van der Waals surface area contributed by atoms with E-state index in [4.69, 9.17) is 4.74 Å². The van der Waals surface area contributed by atoms with Crippen LogP contribution >= 0.6 is 0 Å². The number of benzene rings is 1. The van der Waals surface area contributed by atoms with E-state index in [1.807, 2.05) is 54.9 Å².